The topological polar surface area (TPSA) is 32.8 Å². The number of rotatable bonds is 7. The van der Waals surface area contributed by atoms with Crippen molar-refractivity contribution < 1.29 is 8.83 Å². The van der Waals surface area contributed by atoms with E-state index >= 15 is 0 Å². The summed E-state index contributed by atoms with van der Waals surface area (Å²) >= 11 is 0. The van der Waals surface area contributed by atoms with Crippen molar-refractivity contribution in [2.24, 2.45) is 0 Å². The number of hydrogen-bond acceptors (Lipinski definition) is 4. The number of benzene rings is 8. The normalized spacial score (nSPS) is 12.6. The second-order valence-corrected chi connectivity index (χ2v) is 14.4. The zero-order chi connectivity index (χ0) is 37.0. The van der Waals surface area contributed by atoms with Crippen LogP contribution in [0.4, 0.5) is 28.4 Å². The molecule has 0 fully saturated rings. The molecular weight excluding hydrogens is 685 g/mol. The largest absolute Gasteiger partial charge is 0.460 e. The Morgan fingerprint density at radius 1 is 0.429 bits per heavy atom. The standard InChI is InChI=1S/C52H36N2O2/c1-4-16-35(17-5-1)37-19-14-24-40(34-37)53(38-20-6-2-7-21-38)45-32-33-46(52-50(45)43-31-30-36-18-10-11-25-41(36)51(43)56-52)54(39-22-8-3-9-23-39)44-27-15-29-48-49(44)42-26-12-13-28-47(42)55-48/h1-14,16-28,30-34H,15,29H2. The third-order valence-corrected chi connectivity index (χ3v) is 11.1. The minimum atomic E-state index is 0.818. The first kappa shape index (κ1) is 32.2. The van der Waals surface area contributed by atoms with Crippen LogP contribution in [0.5, 0.6) is 0 Å². The van der Waals surface area contributed by atoms with Crippen molar-refractivity contribution in [3.63, 3.8) is 0 Å². The maximum Gasteiger partial charge on any atom is 0.161 e. The molecule has 8 aromatic carbocycles. The molecule has 0 saturated heterocycles. The van der Waals surface area contributed by atoms with Gasteiger partial charge < -0.3 is 18.6 Å². The summed E-state index contributed by atoms with van der Waals surface area (Å²) in [5.41, 5.74) is 12.3. The van der Waals surface area contributed by atoms with E-state index in [1.165, 1.54) is 5.56 Å². The van der Waals surface area contributed by atoms with Crippen LogP contribution in [0.3, 0.4) is 0 Å². The maximum atomic E-state index is 7.28. The number of furan rings is 2. The van der Waals surface area contributed by atoms with Crippen molar-refractivity contribution in [2.45, 2.75) is 12.8 Å². The van der Waals surface area contributed by atoms with Crippen molar-refractivity contribution >= 4 is 77.8 Å². The molecule has 2 heterocycles. The van der Waals surface area contributed by atoms with Crippen LogP contribution in [0.25, 0.3) is 60.5 Å². The van der Waals surface area contributed by atoms with E-state index in [1.807, 2.05) is 6.07 Å². The monoisotopic (exact) mass is 720 g/mol. The van der Waals surface area contributed by atoms with Crippen molar-refractivity contribution in [1.29, 1.82) is 0 Å². The van der Waals surface area contributed by atoms with E-state index < -0.39 is 0 Å². The summed E-state index contributed by atoms with van der Waals surface area (Å²) in [4.78, 5) is 4.75. The molecule has 10 aromatic rings. The van der Waals surface area contributed by atoms with Gasteiger partial charge in [-0.05, 0) is 83.6 Å². The fourth-order valence-electron chi connectivity index (χ4n) is 8.58. The van der Waals surface area contributed by atoms with Crippen LogP contribution >= 0.6 is 0 Å². The predicted octanol–water partition coefficient (Wildman–Crippen LogP) is 14.7. The maximum absolute atomic E-state index is 7.28. The highest BCUT2D eigenvalue weighted by molar-refractivity contribution is 6.23. The molecule has 0 saturated carbocycles. The number of allylic oxidation sites excluding steroid dienone is 1. The number of para-hydroxylation sites is 3. The number of nitrogens with zero attached hydrogens (tertiary/aromatic N) is 2. The van der Waals surface area contributed by atoms with Gasteiger partial charge in [-0.15, -0.1) is 0 Å². The molecule has 2 aromatic heterocycles. The molecule has 0 N–H and O–H groups in total. The Balaban J connectivity index is 1.22. The van der Waals surface area contributed by atoms with Gasteiger partial charge in [-0.2, -0.15) is 0 Å². The molecule has 4 heteroatoms. The number of fused-ring (bicyclic) bond motifs is 8. The lowest BCUT2D eigenvalue weighted by Crippen LogP contribution is -2.18. The van der Waals surface area contributed by atoms with Crippen molar-refractivity contribution in [3.8, 4) is 11.1 Å². The third-order valence-electron chi connectivity index (χ3n) is 11.1. The van der Waals surface area contributed by atoms with E-state index in [9.17, 15) is 0 Å². The van der Waals surface area contributed by atoms with E-state index in [0.717, 1.165) is 108 Å². The highest BCUT2D eigenvalue weighted by Gasteiger charge is 2.30. The SMILES string of the molecule is C1=C(N(c2ccccc2)c2ccc(N(c3ccccc3)c3cccc(-c4ccccc4)c3)c3c2oc2c4ccccc4ccc23)c2c(oc3ccccc23)CC1. The Morgan fingerprint density at radius 2 is 1.07 bits per heavy atom. The van der Waals surface area contributed by atoms with Crippen LogP contribution in [0.2, 0.25) is 0 Å². The van der Waals surface area contributed by atoms with Gasteiger partial charge in [0.25, 0.3) is 0 Å². The molecule has 0 amide bonds. The molecule has 11 rings (SSSR count). The summed E-state index contributed by atoms with van der Waals surface area (Å²) in [5.74, 6) is 1.02. The summed E-state index contributed by atoms with van der Waals surface area (Å²) in [6.45, 7) is 0. The van der Waals surface area contributed by atoms with Crippen LogP contribution in [0, 0.1) is 0 Å². The highest BCUT2D eigenvalue weighted by atomic mass is 16.3. The minimum Gasteiger partial charge on any atom is -0.460 e. The zero-order valence-corrected chi connectivity index (χ0v) is 30.6. The van der Waals surface area contributed by atoms with Gasteiger partial charge in [0, 0.05) is 45.2 Å². The fourth-order valence-corrected chi connectivity index (χ4v) is 8.58. The van der Waals surface area contributed by atoms with Crippen LogP contribution in [0.1, 0.15) is 17.7 Å². The predicted molar refractivity (Wildman–Crippen MR) is 232 cm³/mol. The Kier molecular flexibility index (Phi) is 7.59. The molecule has 0 radical (unpaired) electrons. The highest BCUT2D eigenvalue weighted by Crippen LogP contribution is 2.51. The summed E-state index contributed by atoms with van der Waals surface area (Å²) < 4.78 is 13.8. The molecule has 1 aliphatic rings. The van der Waals surface area contributed by atoms with Gasteiger partial charge >= 0.3 is 0 Å². The molecule has 266 valence electrons. The van der Waals surface area contributed by atoms with Crippen molar-refractivity contribution in [2.75, 3.05) is 9.80 Å². The average Bonchev–Trinajstić information content (AvgIpc) is 3.86. The molecule has 4 nitrogen and oxygen atoms in total. The lowest BCUT2D eigenvalue weighted by Gasteiger charge is -2.31. The lowest BCUT2D eigenvalue weighted by atomic mass is 9.96. The van der Waals surface area contributed by atoms with Gasteiger partial charge in [0.2, 0.25) is 0 Å². The molecule has 0 unspecified atom stereocenters. The van der Waals surface area contributed by atoms with Crippen molar-refractivity contribution in [3.05, 3.63) is 205 Å². The summed E-state index contributed by atoms with van der Waals surface area (Å²) in [5, 5.41) is 5.46. The fraction of sp³-hybridized carbons (Fsp3) is 0.0385. The van der Waals surface area contributed by atoms with Gasteiger partial charge in [-0.1, -0.05) is 133 Å². The first-order valence-corrected chi connectivity index (χ1v) is 19.2. The second-order valence-electron chi connectivity index (χ2n) is 14.4. The molecule has 56 heavy (non-hydrogen) atoms. The van der Waals surface area contributed by atoms with E-state index in [1.54, 1.807) is 0 Å². The van der Waals surface area contributed by atoms with E-state index in [2.05, 4.69) is 198 Å². The van der Waals surface area contributed by atoms with Gasteiger partial charge in [-0.3, -0.25) is 0 Å². The third kappa shape index (κ3) is 5.22. The van der Waals surface area contributed by atoms with Gasteiger partial charge in [-0.25, -0.2) is 0 Å². The van der Waals surface area contributed by atoms with E-state index in [0.29, 0.717) is 0 Å². The quantitative estimate of drug-likeness (QED) is 0.164. The number of hydrogen-bond donors (Lipinski definition) is 0. The molecule has 1 aliphatic carbocycles. The molecule has 0 aliphatic heterocycles. The average molecular weight is 721 g/mol. The zero-order valence-electron chi connectivity index (χ0n) is 30.6. The minimum absolute atomic E-state index is 0.818. The Labute approximate surface area is 324 Å². The van der Waals surface area contributed by atoms with E-state index in [4.69, 9.17) is 8.83 Å². The van der Waals surface area contributed by atoms with E-state index in [-0.39, 0.29) is 0 Å². The van der Waals surface area contributed by atoms with Gasteiger partial charge in [0.05, 0.1) is 22.5 Å². The number of anilines is 5. The second kappa shape index (κ2) is 13.2. The summed E-state index contributed by atoms with van der Waals surface area (Å²) in [6.07, 6.45) is 4.09. The van der Waals surface area contributed by atoms with Crippen LogP contribution in [0.15, 0.2) is 203 Å². The number of aryl methyl sites for hydroxylation is 1. The first-order chi connectivity index (χ1) is 27.8. The molecular formula is C52H36N2O2. The summed E-state index contributed by atoms with van der Waals surface area (Å²) in [6, 6.07) is 66.6. The smallest absolute Gasteiger partial charge is 0.161 e. The lowest BCUT2D eigenvalue weighted by molar-refractivity contribution is 0.545. The van der Waals surface area contributed by atoms with Crippen molar-refractivity contribution in [1.82, 2.24) is 0 Å². The van der Waals surface area contributed by atoms with Crippen LogP contribution in [-0.4, -0.2) is 0 Å². The van der Waals surface area contributed by atoms with Crippen LogP contribution < -0.4 is 9.80 Å². The molecule has 0 bridgehead atoms. The molecule has 0 spiro atoms. The summed E-state index contributed by atoms with van der Waals surface area (Å²) in [7, 11) is 0. The van der Waals surface area contributed by atoms with Gasteiger partial charge in [0.1, 0.15) is 16.9 Å². The Morgan fingerprint density at radius 3 is 1.88 bits per heavy atom. The van der Waals surface area contributed by atoms with Gasteiger partial charge in [0.15, 0.2) is 5.58 Å². The molecule has 0 atom stereocenters. The van der Waals surface area contributed by atoms with Crippen LogP contribution in [-0.2, 0) is 6.42 Å². The Hall–Kier alpha value is -7.30. The first-order valence-electron chi connectivity index (χ1n) is 19.2. The Bertz CT molecular complexity index is 3090.